The van der Waals surface area contributed by atoms with Gasteiger partial charge in [-0.2, -0.15) is 4.31 Å². The first-order chi connectivity index (χ1) is 12.9. The molecular weight excluding hydrogens is 364 g/mol. The van der Waals surface area contributed by atoms with E-state index in [1.54, 1.807) is 0 Å². The van der Waals surface area contributed by atoms with Crippen LogP contribution in [-0.4, -0.2) is 25.2 Å². The van der Waals surface area contributed by atoms with Gasteiger partial charge in [0, 0.05) is 17.7 Å². The van der Waals surface area contributed by atoms with Gasteiger partial charge in [0.05, 0.1) is 11.4 Å². The minimum atomic E-state index is -3.68. The predicted molar refractivity (Wildman–Crippen MR) is 100 cm³/mol. The minimum Gasteiger partial charge on any atom is -0.459 e. The SMILES string of the molecule is NC(=O)c1ccc(S(=O)(=O)N2CCc3cc(-c4ccccc4)oc3C2)cc1. The van der Waals surface area contributed by atoms with Crippen LogP contribution in [0.5, 0.6) is 0 Å². The molecule has 0 bridgehead atoms. The van der Waals surface area contributed by atoms with E-state index in [4.69, 9.17) is 10.2 Å². The zero-order valence-electron chi connectivity index (χ0n) is 14.5. The number of amides is 1. The summed E-state index contributed by atoms with van der Waals surface area (Å²) in [6.45, 7) is 0.558. The van der Waals surface area contributed by atoms with Crippen molar-refractivity contribution in [2.45, 2.75) is 17.9 Å². The number of benzene rings is 2. The Balaban J connectivity index is 1.60. The molecule has 3 aromatic rings. The van der Waals surface area contributed by atoms with Crippen molar-refractivity contribution in [3.63, 3.8) is 0 Å². The molecule has 2 aromatic carbocycles. The molecular formula is C20H18N2O4S. The highest BCUT2D eigenvalue weighted by atomic mass is 32.2. The number of carbonyl (C=O) groups is 1. The van der Waals surface area contributed by atoms with E-state index in [0.29, 0.717) is 18.7 Å². The molecule has 138 valence electrons. The van der Waals surface area contributed by atoms with Crippen molar-refractivity contribution in [2.75, 3.05) is 6.54 Å². The number of furan rings is 1. The standard InChI is InChI=1S/C20H18N2O4S/c21-20(23)15-6-8-17(9-7-15)27(24,25)22-11-10-16-12-18(26-19(16)13-22)14-4-2-1-3-5-14/h1-9,12H,10-11,13H2,(H2,21,23). The number of fused-ring (bicyclic) bond motifs is 1. The molecule has 4 rings (SSSR count). The second-order valence-electron chi connectivity index (χ2n) is 6.40. The summed E-state index contributed by atoms with van der Waals surface area (Å²) in [5.41, 5.74) is 7.47. The average Bonchev–Trinajstić information content (AvgIpc) is 3.12. The van der Waals surface area contributed by atoms with Gasteiger partial charge < -0.3 is 10.2 Å². The van der Waals surface area contributed by atoms with E-state index >= 15 is 0 Å². The molecule has 1 aliphatic rings. The number of sulfonamides is 1. The summed E-state index contributed by atoms with van der Waals surface area (Å²) in [5.74, 6) is 0.814. The van der Waals surface area contributed by atoms with Gasteiger partial charge in [0.1, 0.15) is 11.5 Å². The van der Waals surface area contributed by atoms with Crippen LogP contribution >= 0.6 is 0 Å². The van der Waals surface area contributed by atoms with E-state index < -0.39 is 15.9 Å². The maximum atomic E-state index is 12.9. The fraction of sp³-hybridized carbons (Fsp3) is 0.150. The van der Waals surface area contributed by atoms with Crippen LogP contribution in [-0.2, 0) is 23.0 Å². The number of rotatable bonds is 4. The fourth-order valence-corrected chi connectivity index (χ4v) is 4.58. The van der Waals surface area contributed by atoms with E-state index in [1.165, 1.54) is 28.6 Å². The second-order valence-corrected chi connectivity index (χ2v) is 8.34. The van der Waals surface area contributed by atoms with Crippen LogP contribution in [0.4, 0.5) is 0 Å². The number of hydrogen-bond acceptors (Lipinski definition) is 4. The van der Waals surface area contributed by atoms with Gasteiger partial charge in [-0.05, 0) is 42.3 Å². The van der Waals surface area contributed by atoms with Crippen LogP contribution in [0.3, 0.4) is 0 Å². The molecule has 2 N–H and O–H groups in total. The Hall–Kier alpha value is -2.90. The van der Waals surface area contributed by atoms with Gasteiger partial charge in [0.2, 0.25) is 15.9 Å². The third kappa shape index (κ3) is 3.27. The van der Waals surface area contributed by atoms with Crippen LogP contribution < -0.4 is 5.73 Å². The van der Waals surface area contributed by atoms with Crippen molar-refractivity contribution in [1.29, 1.82) is 0 Å². The molecule has 27 heavy (non-hydrogen) atoms. The lowest BCUT2D eigenvalue weighted by Crippen LogP contribution is -2.35. The molecule has 7 heteroatoms. The Morgan fingerprint density at radius 1 is 1.04 bits per heavy atom. The topological polar surface area (TPSA) is 93.6 Å². The van der Waals surface area contributed by atoms with Gasteiger partial charge in [-0.15, -0.1) is 0 Å². The summed E-state index contributed by atoms with van der Waals surface area (Å²) in [7, 11) is -3.68. The molecule has 0 fully saturated rings. The van der Waals surface area contributed by atoms with Gasteiger partial charge >= 0.3 is 0 Å². The largest absolute Gasteiger partial charge is 0.459 e. The van der Waals surface area contributed by atoms with Crippen molar-refractivity contribution >= 4 is 15.9 Å². The van der Waals surface area contributed by atoms with Crippen LogP contribution in [0, 0.1) is 0 Å². The van der Waals surface area contributed by atoms with Crippen molar-refractivity contribution in [3.8, 4) is 11.3 Å². The molecule has 0 saturated heterocycles. The molecule has 0 radical (unpaired) electrons. The average molecular weight is 382 g/mol. The van der Waals surface area contributed by atoms with E-state index in [2.05, 4.69) is 0 Å². The molecule has 0 atom stereocenters. The number of hydrogen-bond donors (Lipinski definition) is 1. The smallest absolute Gasteiger partial charge is 0.248 e. The maximum Gasteiger partial charge on any atom is 0.248 e. The molecule has 0 unspecified atom stereocenters. The Morgan fingerprint density at radius 2 is 1.74 bits per heavy atom. The monoisotopic (exact) mass is 382 g/mol. The highest BCUT2D eigenvalue weighted by Gasteiger charge is 2.30. The molecule has 2 heterocycles. The Kier molecular flexibility index (Phi) is 4.33. The minimum absolute atomic E-state index is 0.130. The first-order valence-corrected chi connectivity index (χ1v) is 9.96. The Morgan fingerprint density at radius 3 is 2.41 bits per heavy atom. The van der Waals surface area contributed by atoms with Crippen molar-refractivity contribution < 1.29 is 17.6 Å². The zero-order valence-corrected chi connectivity index (χ0v) is 15.3. The first kappa shape index (κ1) is 17.5. The predicted octanol–water partition coefficient (Wildman–Crippen LogP) is 2.79. The van der Waals surface area contributed by atoms with E-state index in [0.717, 1.165) is 16.9 Å². The van der Waals surface area contributed by atoms with Crippen molar-refractivity contribution in [3.05, 3.63) is 77.6 Å². The number of carbonyl (C=O) groups excluding carboxylic acids is 1. The highest BCUT2D eigenvalue weighted by molar-refractivity contribution is 7.89. The quantitative estimate of drug-likeness (QED) is 0.751. The van der Waals surface area contributed by atoms with E-state index in [1.807, 2.05) is 36.4 Å². The number of nitrogens with two attached hydrogens (primary N) is 1. The van der Waals surface area contributed by atoms with Gasteiger partial charge in [0.15, 0.2) is 0 Å². The third-order valence-corrected chi connectivity index (χ3v) is 6.54. The van der Waals surface area contributed by atoms with Gasteiger partial charge in [-0.1, -0.05) is 30.3 Å². The first-order valence-electron chi connectivity index (χ1n) is 8.52. The van der Waals surface area contributed by atoms with Crippen LogP contribution in [0.15, 0.2) is 70.0 Å². The number of primary amides is 1. The molecule has 6 nitrogen and oxygen atoms in total. The van der Waals surface area contributed by atoms with E-state index in [9.17, 15) is 13.2 Å². The van der Waals surface area contributed by atoms with E-state index in [-0.39, 0.29) is 17.0 Å². The van der Waals surface area contributed by atoms with Crippen LogP contribution in [0.2, 0.25) is 0 Å². The molecule has 1 aromatic heterocycles. The summed E-state index contributed by atoms with van der Waals surface area (Å²) in [6, 6.07) is 17.4. The molecule has 1 amide bonds. The lowest BCUT2D eigenvalue weighted by Gasteiger charge is -2.25. The Bertz CT molecular complexity index is 1090. The lowest BCUT2D eigenvalue weighted by molar-refractivity contribution is 0.1000. The van der Waals surface area contributed by atoms with Crippen molar-refractivity contribution in [1.82, 2.24) is 4.31 Å². The molecule has 0 spiro atoms. The van der Waals surface area contributed by atoms with Crippen molar-refractivity contribution in [2.24, 2.45) is 5.73 Å². The summed E-state index contributed by atoms with van der Waals surface area (Å²) in [5, 5.41) is 0. The highest BCUT2D eigenvalue weighted by Crippen LogP contribution is 2.31. The summed E-state index contributed by atoms with van der Waals surface area (Å²) in [4.78, 5) is 11.3. The second kappa shape index (κ2) is 6.68. The summed E-state index contributed by atoms with van der Waals surface area (Å²) < 4.78 is 33.2. The fourth-order valence-electron chi connectivity index (χ4n) is 3.19. The maximum absolute atomic E-state index is 12.9. The molecule has 0 saturated carbocycles. The van der Waals surface area contributed by atoms with Gasteiger partial charge in [-0.3, -0.25) is 4.79 Å². The molecule has 1 aliphatic heterocycles. The van der Waals surface area contributed by atoms with Crippen LogP contribution in [0.25, 0.3) is 11.3 Å². The zero-order chi connectivity index (χ0) is 19.0. The summed E-state index contributed by atoms with van der Waals surface area (Å²) in [6.07, 6.45) is 0.588. The number of nitrogens with zero attached hydrogens (tertiary/aromatic N) is 1. The van der Waals surface area contributed by atoms with Gasteiger partial charge in [0.25, 0.3) is 0 Å². The Labute approximate surface area is 157 Å². The van der Waals surface area contributed by atoms with Gasteiger partial charge in [-0.25, -0.2) is 8.42 Å². The third-order valence-electron chi connectivity index (χ3n) is 4.68. The summed E-state index contributed by atoms with van der Waals surface area (Å²) >= 11 is 0. The normalized spacial score (nSPS) is 14.7. The molecule has 0 aliphatic carbocycles. The lowest BCUT2D eigenvalue weighted by atomic mass is 10.1. The van der Waals surface area contributed by atoms with Crippen LogP contribution in [0.1, 0.15) is 21.7 Å².